The number of hydrogen-bond donors (Lipinski definition) is 1. The van der Waals surface area contributed by atoms with Crippen molar-refractivity contribution in [1.82, 2.24) is 4.31 Å². The highest BCUT2D eigenvalue weighted by Gasteiger charge is 2.39. The van der Waals surface area contributed by atoms with E-state index < -0.39 is 10.0 Å². The number of carbonyl (C=O) groups is 1. The van der Waals surface area contributed by atoms with Crippen molar-refractivity contribution < 1.29 is 13.2 Å². The van der Waals surface area contributed by atoms with Crippen LogP contribution in [-0.2, 0) is 14.8 Å². The number of sulfonamides is 1. The van der Waals surface area contributed by atoms with Crippen LogP contribution in [0.4, 0.5) is 11.4 Å². The molecule has 0 heterocycles. The molecule has 1 aromatic carbocycles. The van der Waals surface area contributed by atoms with Gasteiger partial charge >= 0.3 is 0 Å². The van der Waals surface area contributed by atoms with Gasteiger partial charge in [0.2, 0.25) is 15.9 Å². The summed E-state index contributed by atoms with van der Waals surface area (Å²) >= 11 is 0. The number of hydrogen-bond acceptors (Lipinski definition) is 4. The van der Waals surface area contributed by atoms with E-state index >= 15 is 0 Å². The average Bonchev–Trinajstić information content (AvgIpc) is 3.15. The molecule has 1 fully saturated rings. The Kier molecular flexibility index (Phi) is 4.49. The Labute approximate surface area is 132 Å². The molecule has 6 nitrogen and oxygen atoms in total. The van der Waals surface area contributed by atoms with Gasteiger partial charge in [-0.25, -0.2) is 12.7 Å². The first kappa shape index (κ1) is 16.8. The standard InChI is InChI=1S/C15H23N3O3S/c1-10-8-12(10)15(19)16-13-9-11(22(20,21)18(4)5)6-7-14(13)17(2)3/h6-7,9-10,12H,8H2,1-5H3,(H,16,19). The summed E-state index contributed by atoms with van der Waals surface area (Å²) in [5.74, 6) is 0.385. The Morgan fingerprint density at radius 2 is 1.82 bits per heavy atom. The second-order valence-electron chi connectivity index (χ2n) is 6.17. The van der Waals surface area contributed by atoms with Crippen LogP contribution in [0, 0.1) is 11.8 Å². The lowest BCUT2D eigenvalue weighted by Gasteiger charge is -2.20. The molecule has 2 atom stereocenters. The summed E-state index contributed by atoms with van der Waals surface area (Å²) in [4.78, 5) is 14.2. The van der Waals surface area contributed by atoms with E-state index in [-0.39, 0.29) is 16.7 Å². The maximum absolute atomic E-state index is 12.2. The topological polar surface area (TPSA) is 69.7 Å². The first-order chi connectivity index (χ1) is 10.1. The van der Waals surface area contributed by atoms with Gasteiger partial charge in [0.05, 0.1) is 16.3 Å². The first-order valence-corrected chi connectivity index (χ1v) is 8.63. The molecule has 1 saturated carbocycles. The summed E-state index contributed by atoms with van der Waals surface area (Å²) in [6.45, 7) is 2.03. The molecule has 0 bridgehead atoms. The molecule has 0 spiro atoms. The Bertz CT molecular complexity index is 683. The molecule has 2 rings (SSSR count). The van der Waals surface area contributed by atoms with Gasteiger partial charge in [-0.3, -0.25) is 4.79 Å². The number of nitrogens with one attached hydrogen (secondary N) is 1. The predicted octanol–water partition coefficient (Wildman–Crippen LogP) is 1.60. The molecule has 22 heavy (non-hydrogen) atoms. The second-order valence-corrected chi connectivity index (χ2v) is 8.32. The molecule has 1 aliphatic carbocycles. The van der Waals surface area contributed by atoms with Gasteiger partial charge < -0.3 is 10.2 Å². The molecule has 2 unspecified atom stereocenters. The zero-order chi connectivity index (χ0) is 16.7. The molecular formula is C15H23N3O3S. The third-order valence-corrected chi connectivity index (χ3v) is 5.74. The Morgan fingerprint density at radius 1 is 1.23 bits per heavy atom. The van der Waals surface area contributed by atoms with Gasteiger partial charge in [-0.05, 0) is 30.5 Å². The van der Waals surface area contributed by atoms with Crippen molar-refractivity contribution in [3.63, 3.8) is 0 Å². The number of benzene rings is 1. The minimum Gasteiger partial charge on any atom is -0.376 e. The second kappa shape index (κ2) is 5.89. The molecule has 0 radical (unpaired) electrons. The molecule has 0 aromatic heterocycles. The molecule has 1 aromatic rings. The molecule has 0 saturated heterocycles. The Balaban J connectivity index is 2.38. The van der Waals surface area contributed by atoms with Crippen LogP contribution in [0.1, 0.15) is 13.3 Å². The zero-order valence-corrected chi connectivity index (χ0v) is 14.4. The fourth-order valence-electron chi connectivity index (χ4n) is 2.29. The van der Waals surface area contributed by atoms with Crippen molar-refractivity contribution in [2.45, 2.75) is 18.2 Å². The molecule has 122 valence electrons. The summed E-state index contributed by atoms with van der Waals surface area (Å²) in [7, 11) is 3.15. The van der Waals surface area contributed by atoms with Crippen LogP contribution < -0.4 is 10.2 Å². The van der Waals surface area contributed by atoms with Crippen molar-refractivity contribution in [3.8, 4) is 0 Å². The van der Waals surface area contributed by atoms with Crippen LogP contribution in [0.25, 0.3) is 0 Å². The van der Waals surface area contributed by atoms with Gasteiger partial charge in [0.25, 0.3) is 0 Å². The summed E-state index contributed by atoms with van der Waals surface area (Å²) in [5, 5.41) is 2.87. The maximum Gasteiger partial charge on any atom is 0.242 e. The van der Waals surface area contributed by atoms with E-state index in [9.17, 15) is 13.2 Å². The van der Waals surface area contributed by atoms with Crippen LogP contribution in [0.3, 0.4) is 0 Å². The van der Waals surface area contributed by atoms with Crippen molar-refractivity contribution in [2.75, 3.05) is 38.4 Å². The van der Waals surface area contributed by atoms with Gasteiger partial charge in [-0.15, -0.1) is 0 Å². The third-order valence-electron chi connectivity index (χ3n) is 3.93. The lowest BCUT2D eigenvalue weighted by atomic mass is 10.2. The van der Waals surface area contributed by atoms with E-state index in [4.69, 9.17) is 0 Å². The predicted molar refractivity (Wildman–Crippen MR) is 87.5 cm³/mol. The van der Waals surface area contributed by atoms with Gasteiger partial charge in [-0.1, -0.05) is 6.92 Å². The average molecular weight is 325 g/mol. The van der Waals surface area contributed by atoms with Gasteiger partial charge in [0, 0.05) is 34.1 Å². The van der Waals surface area contributed by atoms with Crippen molar-refractivity contribution in [1.29, 1.82) is 0 Å². The summed E-state index contributed by atoms with van der Waals surface area (Å²) < 4.78 is 25.7. The van der Waals surface area contributed by atoms with Crippen LogP contribution in [0.2, 0.25) is 0 Å². The zero-order valence-electron chi connectivity index (χ0n) is 13.6. The Hall–Kier alpha value is -1.60. The SMILES string of the molecule is CC1CC1C(=O)Nc1cc(S(=O)(=O)N(C)C)ccc1N(C)C. The number of nitrogens with zero attached hydrogens (tertiary/aromatic N) is 2. The molecule has 0 aliphatic heterocycles. The van der Waals surface area contributed by atoms with Crippen molar-refractivity contribution in [3.05, 3.63) is 18.2 Å². The number of anilines is 2. The lowest BCUT2D eigenvalue weighted by Crippen LogP contribution is -2.23. The Morgan fingerprint density at radius 3 is 2.27 bits per heavy atom. The van der Waals surface area contributed by atoms with Crippen LogP contribution in [0.15, 0.2) is 23.1 Å². The van der Waals surface area contributed by atoms with E-state index in [0.29, 0.717) is 11.6 Å². The highest BCUT2D eigenvalue weighted by Crippen LogP contribution is 2.39. The fraction of sp³-hybridized carbons (Fsp3) is 0.533. The van der Waals surface area contributed by atoms with Crippen LogP contribution >= 0.6 is 0 Å². The number of amides is 1. The largest absolute Gasteiger partial charge is 0.376 e. The van der Waals surface area contributed by atoms with Gasteiger partial charge in [-0.2, -0.15) is 0 Å². The van der Waals surface area contributed by atoms with E-state index in [1.165, 1.54) is 20.2 Å². The highest BCUT2D eigenvalue weighted by molar-refractivity contribution is 7.89. The number of carbonyl (C=O) groups excluding carboxylic acids is 1. The molecular weight excluding hydrogens is 302 g/mol. The smallest absolute Gasteiger partial charge is 0.242 e. The molecule has 1 N–H and O–H groups in total. The van der Waals surface area contributed by atoms with Crippen LogP contribution in [0.5, 0.6) is 0 Å². The number of rotatable bonds is 5. The molecule has 1 amide bonds. The van der Waals surface area contributed by atoms with E-state index in [0.717, 1.165) is 16.4 Å². The minimum absolute atomic E-state index is 0.0316. The summed E-state index contributed by atoms with van der Waals surface area (Å²) in [6.07, 6.45) is 0.888. The molecule has 1 aliphatic rings. The summed E-state index contributed by atoms with van der Waals surface area (Å²) in [5.41, 5.74) is 1.30. The van der Waals surface area contributed by atoms with Gasteiger partial charge in [0.15, 0.2) is 0 Å². The third kappa shape index (κ3) is 3.25. The lowest BCUT2D eigenvalue weighted by molar-refractivity contribution is -0.117. The fourth-order valence-corrected chi connectivity index (χ4v) is 3.22. The van der Waals surface area contributed by atoms with Gasteiger partial charge in [0.1, 0.15) is 0 Å². The monoisotopic (exact) mass is 325 g/mol. The first-order valence-electron chi connectivity index (χ1n) is 7.19. The van der Waals surface area contributed by atoms with E-state index in [2.05, 4.69) is 5.32 Å². The highest BCUT2D eigenvalue weighted by atomic mass is 32.2. The maximum atomic E-state index is 12.2. The van der Waals surface area contributed by atoms with Crippen molar-refractivity contribution in [2.24, 2.45) is 11.8 Å². The quantitative estimate of drug-likeness (QED) is 0.893. The van der Waals surface area contributed by atoms with Crippen molar-refractivity contribution >= 4 is 27.3 Å². The van der Waals surface area contributed by atoms with Crippen LogP contribution in [-0.4, -0.2) is 46.8 Å². The van der Waals surface area contributed by atoms with E-state index in [1.54, 1.807) is 12.1 Å². The minimum atomic E-state index is -3.53. The molecule has 7 heteroatoms. The normalized spacial score (nSPS) is 20.8. The van der Waals surface area contributed by atoms with E-state index in [1.807, 2.05) is 25.9 Å². The summed E-state index contributed by atoms with van der Waals surface area (Å²) in [6, 6.07) is 4.79.